The minimum Gasteiger partial charge on any atom is -0.350 e. The first-order valence-corrected chi connectivity index (χ1v) is 8.14. The zero-order valence-electron chi connectivity index (χ0n) is 13.8. The SMILES string of the molecule is Cc1cccc(CNC(=O)CN2NC(C(F)(F)F)C3CC=CC=C32)c1. The Kier molecular flexibility index (Phi) is 4.85. The van der Waals surface area contributed by atoms with Crippen LogP contribution in [0, 0.1) is 12.8 Å². The number of carbonyl (C=O) groups excluding carboxylic acids is 1. The highest BCUT2D eigenvalue weighted by Crippen LogP contribution is 2.39. The van der Waals surface area contributed by atoms with Gasteiger partial charge in [-0.1, -0.05) is 42.0 Å². The number of hydrogen-bond acceptors (Lipinski definition) is 3. The molecule has 1 aromatic carbocycles. The second-order valence-electron chi connectivity index (χ2n) is 6.36. The summed E-state index contributed by atoms with van der Waals surface area (Å²) in [6, 6.07) is 6.05. The first kappa shape index (κ1) is 17.5. The fourth-order valence-electron chi connectivity index (χ4n) is 3.23. The van der Waals surface area contributed by atoms with Crippen molar-refractivity contribution in [2.45, 2.75) is 32.1 Å². The van der Waals surface area contributed by atoms with E-state index in [0.29, 0.717) is 18.7 Å². The zero-order valence-corrected chi connectivity index (χ0v) is 13.8. The van der Waals surface area contributed by atoms with Gasteiger partial charge in [-0.05, 0) is 25.0 Å². The summed E-state index contributed by atoms with van der Waals surface area (Å²) >= 11 is 0. The molecule has 7 heteroatoms. The predicted octanol–water partition coefficient (Wildman–Crippen LogP) is 2.82. The molecule has 3 rings (SSSR count). The van der Waals surface area contributed by atoms with Crippen LogP contribution in [0.5, 0.6) is 0 Å². The molecule has 1 heterocycles. The van der Waals surface area contributed by atoms with Gasteiger partial charge in [-0.2, -0.15) is 13.2 Å². The Hall–Kier alpha value is -2.28. The van der Waals surface area contributed by atoms with Gasteiger partial charge in [0.25, 0.3) is 0 Å². The van der Waals surface area contributed by atoms with Crippen LogP contribution in [0.4, 0.5) is 13.2 Å². The number of amides is 1. The second-order valence-corrected chi connectivity index (χ2v) is 6.36. The number of alkyl halides is 3. The van der Waals surface area contributed by atoms with E-state index in [1.165, 1.54) is 5.01 Å². The summed E-state index contributed by atoms with van der Waals surface area (Å²) in [4.78, 5) is 12.2. The molecule has 1 amide bonds. The molecule has 0 bridgehead atoms. The van der Waals surface area contributed by atoms with E-state index in [4.69, 9.17) is 0 Å². The number of aryl methyl sites for hydroxylation is 1. The monoisotopic (exact) mass is 351 g/mol. The van der Waals surface area contributed by atoms with E-state index in [1.54, 1.807) is 18.2 Å². The van der Waals surface area contributed by atoms with Crippen LogP contribution in [0.3, 0.4) is 0 Å². The highest BCUT2D eigenvalue weighted by atomic mass is 19.4. The maximum atomic E-state index is 13.2. The van der Waals surface area contributed by atoms with Crippen LogP contribution in [0.1, 0.15) is 17.5 Å². The van der Waals surface area contributed by atoms with E-state index in [0.717, 1.165) is 11.1 Å². The Balaban J connectivity index is 1.62. The lowest BCUT2D eigenvalue weighted by Gasteiger charge is -2.21. The van der Waals surface area contributed by atoms with Crippen LogP contribution in [0.2, 0.25) is 0 Å². The van der Waals surface area contributed by atoms with Crippen molar-refractivity contribution in [3.8, 4) is 0 Å². The van der Waals surface area contributed by atoms with Crippen molar-refractivity contribution in [1.29, 1.82) is 0 Å². The number of allylic oxidation sites excluding steroid dienone is 3. The molecule has 0 aromatic heterocycles. The smallest absolute Gasteiger partial charge is 0.350 e. The number of nitrogens with one attached hydrogen (secondary N) is 2. The van der Waals surface area contributed by atoms with Crippen LogP contribution in [0.25, 0.3) is 0 Å². The van der Waals surface area contributed by atoms with Crippen molar-refractivity contribution in [3.05, 3.63) is 59.3 Å². The Morgan fingerprint density at radius 1 is 1.40 bits per heavy atom. The van der Waals surface area contributed by atoms with Crippen LogP contribution in [-0.2, 0) is 11.3 Å². The molecule has 0 radical (unpaired) electrons. The number of benzene rings is 1. The summed E-state index contributed by atoms with van der Waals surface area (Å²) in [7, 11) is 0. The molecular formula is C18H20F3N3O. The van der Waals surface area contributed by atoms with Gasteiger partial charge in [-0.15, -0.1) is 0 Å². The highest BCUT2D eigenvalue weighted by Gasteiger charge is 2.51. The van der Waals surface area contributed by atoms with Gasteiger partial charge in [0.2, 0.25) is 5.91 Å². The van der Waals surface area contributed by atoms with Crippen LogP contribution in [-0.4, -0.2) is 29.7 Å². The molecule has 2 unspecified atom stereocenters. The van der Waals surface area contributed by atoms with Crippen molar-refractivity contribution in [2.75, 3.05) is 6.54 Å². The fraction of sp³-hybridized carbons (Fsp3) is 0.389. The number of hydrogen-bond donors (Lipinski definition) is 2. The summed E-state index contributed by atoms with van der Waals surface area (Å²) < 4.78 is 39.6. The highest BCUT2D eigenvalue weighted by molar-refractivity contribution is 5.78. The van der Waals surface area contributed by atoms with Gasteiger partial charge in [0.1, 0.15) is 12.6 Å². The average molecular weight is 351 g/mol. The standard InChI is InChI=1S/C18H20F3N3O/c1-12-5-4-6-13(9-12)10-22-16(25)11-24-15-8-3-2-7-14(15)17(23-24)18(19,20)21/h2-6,8-9,14,17,23H,7,10-11H2,1H3,(H,22,25). The Morgan fingerprint density at radius 3 is 2.92 bits per heavy atom. The number of halogens is 3. The molecule has 1 saturated heterocycles. The third-order valence-electron chi connectivity index (χ3n) is 4.41. The largest absolute Gasteiger partial charge is 0.406 e. The molecule has 4 nitrogen and oxygen atoms in total. The van der Waals surface area contributed by atoms with E-state index in [-0.39, 0.29) is 12.5 Å². The number of rotatable bonds is 4. The van der Waals surface area contributed by atoms with E-state index >= 15 is 0 Å². The van der Waals surface area contributed by atoms with E-state index in [9.17, 15) is 18.0 Å². The topological polar surface area (TPSA) is 44.4 Å². The number of nitrogens with zero attached hydrogens (tertiary/aromatic N) is 1. The maximum absolute atomic E-state index is 13.2. The molecular weight excluding hydrogens is 331 g/mol. The molecule has 1 aromatic rings. The molecule has 25 heavy (non-hydrogen) atoms. The van der Waals surface area contributed by atoms with Crippen molar-refractivity contribution in [1.82, 2.24) is 15.8 Å². The number of carbonyl (C=O) groups is 1. The Bertz CT molecular complexity index is 712. The first-order chi connectivity index (χ1) is 11.8. The summed E-state index contributed by atoms with van der Waals surface area (Å²) in [6.07, 6.45) is 1.03. The van der Waals surface area contributed by atoms with E-state index in [2.05, 4.69) is 10.7 Å². The maximum Gasteiger partial charge on any atom is 0.406 e. The Labute approximate surface area is 144 Å². The van der Waals surface area contributed by atoms with Gasteiger partial charge in [-0.3, -0.25) is 4.79 Å². The van der Waals surface area contributed by atoms with Crippen molar-refractivity contribution in [3.63, 3.8) is 0 Å². The zero-order chi connectivity index (χ0) is 18.0. The predicted molar refractivity (Wildman–Crippen MR) is 88.0 cm³/mol. The van der Waals surface area contributed by atoms with Gasteiger partial charge in [0.05, 0.1) is 0 Å². The lowest BCUT2D eigenvalue weighted by Crippen LogP contribution is -2.47. The molecule has 2 aliphatic rings. The van der Waals surface area contributed by atoms with Gasteiger partial charge in [0.15, 0.2) is 0 Å². The van der Waals surface area contributed by atoms with Gasteiger partial charge >= 0.3 is 6.18 Å². The molecule has 0 spiro atoms. The fourth-order valence-corrected chi connectivity index (χ4v) is 3.23. The quantitative estimate of drug-likeness (QED) is 0.877. The van der Waals surface area contributed by atoms with Crippen molar-refractivity contribution >= 4 is 5.91 Å². The normalized spacial score (nSPS) is 22.6. The average Bonchev–Trinajstić information content (AvgIpc) is 2.92. The summed E-state index contributed by atoms with van der Waals surface area (Å²) in [6.45, 7) is 2.15. The summed E-state index contributed by atoms with van der Waals surface area (Å²) in [5, 5.41) is 4.07. The lowest BCUT2D eigenvalue weighted by molar-refractivity contribution is -0.164. The van der Waals surface area contributed by atoms with Crippen LogP contribution >= 0.6 is 0 Å². The molecule has 1 fully saturated rings. The molecule has 1 aliphatic heterocycles. The third-order valence-corrected chi connectivity index (χ3v) is 4.41. The molecule has 2 atom stereocenters. The summed E-state index contributed by atoms with van der Waals surface area (Å²) in [5.41, 5.74) is 5.00. The van der Waals surface area contributed by atoms with Gasteiger partial charge < -0.3 is 10.3 Å². The van der Waals surface area contributed by atoms with E-state index in [1.807, 2.05) is 31.2 Å². The summed E-state index contributed by atoms with van der Waals surface area (Å²) in [5.74, 6) is -1.01. The van der Waals surface area contributed by atoms with E-state index < -0.39 is 18.1 Å². The minimum atomic E-state index is -4.36. The van der Waals surface area contributed by atoms with Crippen LogP contribution < -0.4 is 10.7 Å². The molecule has 1 aliphatic carbocycles. The third kappa shape index (κ3) is 4.04. The molecule has 134 valence electrons. The van der Waals surface area contributed by atoms with Crippen molar-refractivity contribution < 1.29 is 18.0 Å². The Morgan fingerprint density at radius 2 is 2.20 bits per heavy atom. The minimum absolute atomic E-state index is 0.158. The molecule has 2 N–H and O–H groups in total. The first-order valence-electron chi connectivity index (χ1n) is 8.14. The number of hydrazine groups is 1. The second kappa shape index (κ2) is 6.92. The van der Waals surface area contributed by atoms with Crippen LogP contribution in [0.15, 0.2) is 48.2 Å². The van der Waals surface area contributed by atoms with Gasteiger partial charge in [-0.25, -0.2) is 5.43 Å². The molecule has 0 saturated carbocycles. The van der Waals surface area contributed by atoms with Gasteiger partial charge in [0, 0.05) is 18.2 Å². The van der Waals surface area contributed by atoms with Crippen molar-refractivity contribution in [2.24, 2.45) is 5.92 Å². The lowest BCUT2D eigenvalue weighted by atomic mass is 9.91. The number of fused-ring (bicyclic) bond motifs is 1.